The molecule has 2 heteroatoms. The summed E-state index contributed by atoms with van der Waals surface area (Å²) in [6.07, 6.45) is 15.4. The number of aromatic nitrogens is 2. The molecule has 0 spiro atoms. The molecule has 0 aliphatic heterocycles. The Morgan fingerprint density at radius 1 is 0.675 bits per heavy atom. The highest BCUT2D eigenvalue weighted by atomic mass is 14.7. The van der Waals surface area contributed by atoms with Gasteiger partial charge in [0.2, 0.25) is 0 Å². The van der Waals surface area contributed by atoms with Crippen LogP contribution in [-0.2, 0) is 19.3 Å². The number of hydrogen-bond donors (Lipinski definition) is 0. The minimum absolute atomic E-state index is 0.904. The molecule has 0 radical (unpaired) electrons. The fourth-order valence-corrected chi connectivity index (χ4v) is 6.49. The number of hydrogen-bond acceptors (Lipinski definition) is 2. The van der Waals surface area contributed by atoms with E-state index in [1.54, 1.807) is 23.5 Å². The fraction of sp³-hybridized carbons (Fsp3) is 0.316. The highest BCUT2D eigenvalue weighted by molar-refractivity contribution is 6.09. The van der Waals surface area contributed by atoms with Crippen molar-refractivity contribution >= 4 is 43.4 Å². The lowest BCUT2D eigenvalue weighted by molar-refractivity contribution is 0.414. The second-order valence-electron chi connectivity index (χ2n) is 11.5. The van der Waals surface area contributed by atoms with Crippen LogP contribution in [0.25, 0.3) is 43.4 Å². The number of aryl methyl sites for hydroxylation is 2. The zero-order chi connectivity index (χ0) is 27.3. The minimum atomic E-state index is 0.904. The number of rotatable bonds is 6. The summed E-state index contributed by atoms with van der Waals surface area (Å²) in [4.78, 5) is 8.69. The van der Waals surface area contributed by atoms with Gasteiger partial charge in [-0.2, -0.15) is 0 Å². The zero-order valence-electron chi connectivity index (χ0n) is 24.0. The fourth-order valence-electron chi connectivity index (χ4n) is 6.49. The van der Waals surface area contributed by atoms with Crippen LogP contribution in [0.3, 0.4) is 0 Å². The minimum Gasteiger partial charge on any atom is -0.254 e. The van der Waals surface area contributed by atoms with Crippen LogP contribution in [0.4, 0.5) is 0 Å². The molecule has 2 nitrogen and oxygen atoms in total. The summed E-state index contributed by atoms with van der Waals surface area (Å²) in [5, 5.41) is 8.09. The molecule has 7 rings (SSSR count). The molecule has 0 amide bonds. The van der Waals surface area contributed by atoms with Crippen molar-refractivity contribution < 1.29 is 0 Å². The summed E-state index contributed by atoms with van der Waals surface area (Å²) < 4.78 is 0. The van der Waals surface area contributed by atoms with Crippen LogP contribution < -0.4 is 0 Å². The van der Waals surface area contributed by atoms with Gasteiger partial charge in [0.1, 0.15) is 0 Å². The van der Waals surface area contributed by atoms with E-state index in [0.717, 1.165) is 27.7 Å². The average molecular weight is 525 g/mol. The van der Waals surface area contributed by atoms with Crippen molar-refractivity contribution in [1.29, 1.82) is 0 Å². The van der Waals surface area contributed by atoms with Crippen molar-refractivity contribution in [2.45, 2.75) is 71.6 Å². The summed E-state index contributed by atoms with van der Waals surface area (Å²) in [5.74, 6) is 0.904. The Labute approximate surface area is 238 Å². The van der Waals surface area contributed by atoms with E-state index in [4.69, 9.17) is 0 Å². The molecular formula is C38H40N2. The normalized spacial score (nSPS) is 14.8. The smallest absolute Gasteiger partial charge is 0.0964 e. The summed E-state index contributed by atoms with van der Waals surface area (Å²) in [6, 6.07) is 28.8. The summed E-state index contributed by atoms with van der Waals surface area (Å²) >= 11 is 0. The zero-order valence-corrected chi connectivity index (χ0v) is 24.0. The molecule has 0 saturated heterocycles. The van der Waals surface area contributed by atoms with Crippen LogP contribution in [0.5, 0.6) is 0 Å². The van der Waals surface area contributed by atoms with Crippen molar-refractivity contribution in [3.8, 4) is 0 Å². The third-order valence-corrected chi connectivity index (χ3v) is 8.73. The SMILES string of the molecule is CCCCc1ccc2ccc3c4c(ccc3c2c1)CC(CCCC)CC4.c1cnc2c(c1)ccc1cccnc12. The van der Waals surface area contributed by atoms with Crippen LogP contribution >= 0.6 is 0 Å². The predicted molar refractivity (Wildman–Crippen MR) is 172 cm³/mol. The van der Waals surface area contributed by atoms with Crippen LogP contribution in [0.1, 0.15) is 69.1 Å². The Hall–Kier alpha value is -3.78. The third-order valence-electron chi connectivity index (χ3n) is 8.73. The van der Waals surface area contributed by atoms with Gasteiger partial charge in [0.15, 0.2) is 0 Å². The van der Waals surface area contributed by atoms with Gasteiger partial charge in [-0.25, -0.2) is 0 Å². The first-order chi connectivity index (χ1) is 19.7. The molecule has 4 aromatic carbocycles. The van der Waals surface area contributed by atoms with Crippen molar-refractivity contribution in [3.63, 3.8) is 0 Å². The number of fused-ring (bicyclic) bond motifs is 8. The molecule has 2 heterocycles. The maximum atomic E-state index is 4.35. The van der Waals surface area contributed by atoms with Crippen molar-refractivity contribution in [2.24, 2.45) is 5.92 Å². The van der Waals surface area contributed by atoms with E-state index >= 15 is 0 Å². The quantitative estimate of drug-likeness (QED) is 0.203. The Morgan fingerprint density at radius 3 is 2.08 bits per heavy atom. The van der Waals surface area contributed by atoms with Gasteiger partial charge in [-0.15, -0.1) is 0 Å². The van der Waals surface area contributed by atoms with Gasteiger partial charge in [-0.05, 0) is 88.4 Å². The van der Waals surface area contributed by atoms with E-state index in [1.807, 2.05) is 12.1 Å². The lowest BCUT2D eigenvalue weighted by Gasteiger charge is -2.26. The van der Waals surface area contributed by atoms with E-state index in [0.29, 0.717) is 0 Å². The number of benzene rings is 4. The Morgan fingerprint density at radius 2 is 1.35 bits per heavy atom. The van der Waals surface area contributed by atoms with Crippen LogP contribution in [-0.4, -0.2) is 9.97 Å². The molecule has 0 saturated carbocycles. The maximum Gasteiger partial charge on any atom is 0.0964 e. The van der Waals surface area contributed by atoms with E-state index in [1.165, 1.54) is 84.9 Å². The molecule has 1 atom stereocenters. The largest absolute Gasteiger partial charge is 0.254 e. The summed E-state index contributed by atoms with van der Waals surface area (Å²) in [5.41, 5.74) is 6.70. The van der Waals surface area contributed by atoms with Gasteiger partial charge in [-0.3, -0.25) is 9.97 Å². The Balaban J connectivity index is 0.000000173. The molecule has 40 heavy (non-hydrogen) atoms. The third kappa shape index (κ3) is 5.45. The first-order valence-corrected chi connectivity index (χ1v) is 15.3. The molecule has 202 valence electrons. The van der Waals surface area contributed by atoms with Gasteiger partial charge in [0.05, 0.1) is 11.0 Å². The number of unbranched alkanes of at least 4 members (excludes halogenated alkanes) is 2. The highest BCUT2D eigenvalue weighted by Gasteiger charge is 2.20. The molecule has 0 fully saturated rings. The van der Waals surface area contributed by atoms with Gasteiger partial charge in [-0.1, -0.05) is 106 Å². The van der Waals surface area contributed by atoms with Gasteiger partial charge >= 0.3 is 0 Å². The number of nitrogens with zero attached hydrogens (tertiary/aromatic N) is 2. The topological polar surface area (TPSA) is 25.8 Å². The maximum absolute atomic E-state index is 4.35. The first kappa shape index (κ1) is 26.4. The summed E-state index contributed by atoms with van der Waals surface area (Å²) in [7, 11) is 0. The molecular weight excluding hydrogens is 484 g/mol. The average Bonchev–Trinajstić information content (AvgIpc) is 3.02. The highest BCUT2D eigenvalue weighted by Crippen LogP contribution is 2.36. The molecule has 0 N–H and O–H groups in total. The van der Waals surface area contributed by atoms with E-state index in [9.17, 15) is 0 Å². The molecule has 1 aliphatic rings. The Bertz CT molecular complexity index is 1710. The Kier molecular flexibility index (Phi) is 8.04. The predicted octanol–water partition coefficient (Wildman–Crippen LogP) is 10.4. The lowest BCUT2D eigenvalue weighted by Crippen LogP contribution is -2.14. The van der Waals surface area contributed by atoms with Crippen molar-refractivity contribution in [2.75, 3.05) is 0 Å². The first-order valence-electron chi connectivity index (χ1n) is 15.3. The van der Waals surface area contributed by atoms with E-state index in [-0.39, 0.29) is 0 Å². The second-order valence-corrected chi connectivity index (χ2v) is 11.5. The molecule has 0 bridgehead atoms. The van der Waals surface area contributed by atoms with E-state index in [2.05, 4.69) is 90.5 Å². The van der Waals surface area contributed by atoms with Crippen molar-refractivity contribution in [3.05, 3.63) is 108 Å². The molecule has 1 aliphatic carbocycles. The van der Waals surface area contributed by atoms with Gasteiger partial charge in [0.25, 0.3) is 0 Å². The van der Waals surface area contributed by atoms with Gasteiger partial charge < -0.3 is 0 Å². The molecule has 2 aromatic heterocycles. The van der Waals surface area contributed by atoms with E-state index < -0.39 is 0 Å². The van der Waals surface area contributed by atoms with Gasteiger partial charge in [0, 0.05) is 23.2 Å². The molecule has 6 aromatic rings. The number of pyridine rings is 2. The van der Waals surface area contributed by atoms with Crippen LogP contribution in [0.15, 0.2) is 91.3 Å². The lowest BCUT2D eigenvalue weighted by atomic mass is 9.79. The van der Waals surface area contributed by atoms with Crippen molar-refractivity contribution in [1.82, 2.24) is 9.97 Å². The molecule has 1 unspecified atom stereocenters. The van der Waals surface area contributed by atoms with Crippen LogP contribution in [0.2, 0.25) is 0 Å². The van der Waals surface area contributed by atoms with Crippen LogP contribution in [0, 0.1) is 5.92 Å². The standard InChI is InChI=1S/C26H32.C12H8N2/c1-3-5-7-19-10-14-23-22(17-19)13-16-25-24(23)15-12-21-11-9-20(8-6-4-2)18-26(21)25;1-3-9-5-6-10-4-2-8-14-12(10)11(9)13-7-1/h9,11-13,15-16,18-19H,3-8,10,14,17H2,1-2H3;1-8H. The second kappa shape index (κ2) is 12.2. The summed E-state index contributed by atoms with van der Waals surface area (Å²) in [6.45, 7) is 4.58. The monoisotopic (exact) mass is 524 g/mol.